The van der Waals surface area contributed by atoms with Crippen LogP contribution < -0.4 is 0 Å². The van der Waals surface area contributed by atoms with Gasteiger partial charge in [-0.25, -0.2) is 0 Å². The maximum atomic E-state index is 12.0. The molecule has 0 radical (unpaired) electrons. The minimum atomic E-state index is -0.547. The Bertz CT molecular complexity index is 379. The number of hydrogen-bond acceptors (Lipinski definition) is 4. The van der Waals surface area contributed by atoms with Gasteiger partial charge in [0.25, 0.3) is 0 Å². The minimum absolute atomic E-state index is 0.137. The molecule has 1 aliphatic heterocycles. The average Bonchev–Trinajstić information content (AvgIpc) is 2.85. The zero-order valence-electron chi connectivity index (χ0n) is 10.9. The lowest BCUT2D eigenvalue weighted by Crippen LogP contribution is -2.41. The van der Waals surface area contributed by atoms with Crippen molar-refractivity contribution < 1.29 is 19.0 Å². The third-order valence-corrected chi connectivity index (χ3v) is 4.35. The Morgan fingerprint density at radius 3 is 2.72 bits per heavy atom. The van der Waals surface area contributed by atoms with E-state index in [9.17, 15) is 4.79 Å². The van der Waals surface area contributed by atoms with Crippen LogP contribution in [0, 0.1) is 5.92 Å². The molecule has 0 N–H and O–H groups in total. The standard InChI is InChI=1S/C14H20O4/c1-16-13(15)12-9-14(17-6-7-18-14)8-10-4-2-3-5-11(10)12/h12H,2-9H2,1H3. The Labute approximate surface area is 107 Å². The maximum absolute atomic E-state index is 12.0. The zero-order valence-corrected chi connectivity index (χ0v) is 10.9. The van der Waals surface area contributed by atoms with Crippen LogP contribution in [0.5, 0.6) is 0 Å². The molecule has 0 bridgehead atoms. The quantitative estimate of drug-likeness (QED) is 0.530. The SMILES string of the molecule is COC(=O)C1CC2(CC3=C1CCCC3)OCCO2. The molecule has 1 heterocycles. The molecule has 0 saturated carbocycles. The number of methoxy groups -OCH3 is 1. The van der Waals surface area contributed by atoms with Crippen LogP contribution in [0.15, 0.2) is 11.1 Å². The van der Waals surface area contributed by atoms with Crippen molar-refractivity contribution in [3.63, 3.8) is 0 Å². The fraction of sp³-hybridized carbons (Fsp3) is 0.786. The Kier molecular flexibility index (Phi) is 3.16. The van der Waals surface area contributed by atoms with Gasteiger partial charge in [0, 0.05) is 12.8 Å². The summed E-state index contributed by atoms with van der Waals surface area (Å²) in [5.74, 6) is -0.839. The summed E-state index contributed by atoms with van der Waals surface area (Å²) < 4.78 is 16.5. The molecule has 0 aromatic carbocycles. The fourth-order valence-corrected chi connectivity index (χ4v) is 3.53. The van der Waals surface area contributed by atoms with Crippen molar-refractivity contribution in [1.82, 2.24) is 0 Å². The topological polar surface area (TPSA) is 44.8 Å². The Morgan fingerprint density at radius 1 is 1.28 bits per heavy atom. The van der Waals surface area contributed by atoms with Gasteiger partial charge in [-0.3, -0.25) is 4.79 Å². The van der Waals surface area contributed by atoms with Gasteiger partial charge in [-0.2, -0.15) is 0 Å². The van der Waals surface area contributed by atoms with Crippen molar-refractivity contribution >= 4 is 5.97 Å². The zero-order chi connectivity index (χ0) is 12.6. The van der Waals surface area contributed by atoms with Gasteiger partial charge >= 0.3 is 5.97 Å². The first-order valence-electron chi connectivity index (χ1n) is 6.81. The summed E-state index contributed by atoms with van der Waals surface area (Å²) in [5, 5.41) is 0. The molecule has 2 aliphatic carbocycles. The monoisotopic (exact) mass is 252 g/mol. The molecule has 18 heavy (non-hydrogen) atoms. The molecule has 4 heteroatoms. The molecule has 3 aliphatic rings. The van der Waals surface area contributed by atoms with Crippen LogP contribution in [0.25, 0.3) is 0 Å². The molecule has 0 amide bonds. The first kappa shape index (κ1) is 12.2. The van der Waals surface area contributed by atoms with Crippen molar-refractivity contribution in [3.8, 4) is 0 Å². The van der Waals surface area contributed by atoms with Crippen LogP contribution >= 0.6 is 0 Å². The highest BCUT2D eigenvalue weighted by Crippen LogP contribution is 2.47. The predicted molar refractivity (Wildman–Crippen MR) is 64.9 cm³/mol. The second kappa shape index (κ2) is 4.67. The van der Waals surface area contributed by atoms with Crippen molar-refractivity contribution in [1.29, 1.82) is 0 Å². The minimum Gasteiger partial charge on any atom is -0.469 e. The van der Waals surface area contributed by atoms with E-state index < -0.39 is 5.79 Å². The van der Waals surface area contributed by atoms with E-state index in [1.165, 1.54) is 31.1 Å². The highest BCUT2D eigenvalue weighted by atomic mass is 16.7. The van der Waals surface area contributed by atoms with Gasteiger partial charge in [-0.15, -0.1) is 0 Å². The van der Waals surface area contributed by atoms with E-state index in [1.807, 2.05) is 0 Å². The molecule has 1 spiro atoms. The van der Waals surface area contributed by atoms with Crippen molar-refractivity contribution in [2.24, 2.45) is 5.92 Å². The van der Waals surface area contributed by atoms with Gasteiger partial charge in [-0.1, -0.05) is 11.1 Å². The van der Waals surface area contributed by atoms with Gasteiger partial charge in [0.2, 0.25) is 0 Å². The third-order valence-electron chi connectivity index (χ3n) is 4.35. The summed E-state index contributed by atoms with van der Waals surface area (Å²) in [4.78, 5) is 12.0. The number of hydrogen-bond donors (Lipinski definition) is 0. The summed E-state index contributed by atoms with van der Waals surface area (Å²) >= 11 is 0. The van der Waals surface area contributed by atoms with Crippen LogP contribution in [-0.4, -0.2) is 32.1 Å². The Morgan fingerprint density at radius 2 is 2.00 bits per heavy atom. The lowest BCUT2D eigenvalue weighted by atomic mass is 9.73. The van der Waals surface area contributed by atoms with Crippen LogP contribution in [0.2, 0.25) is 0 Å². The molecule has 4 nitrogen and oxygen atoms in total. The number of esters is 1. The maximum Gasteiger partial charge on any atom is 0.313 e. The first-order valence-corrected chi connectivity index (χ1v) is 6.81. The number of ether oxygens (including phenoxy) is 3. The van der Waals surface area contributed by atoms with E-state index in [1.54, 1.807) is 0 Å². The van der Waals surface area contributed by atoms with Gasteiger partial charge in [0.1, 0.15) is 0 Å². The first-order chi connectivity index (χ1) is 8.74. The number of carbonyl (C=O) groups excluding carboxylic acids is 1. The van der Waals surface area contributed by atoms with Gasteiger partial charge in [0.15, 0.2) is 5.79 Å². The number of carbonyl (C=O) groups is 1. The van der Waals surface area contributed by atoms with Crippen molar-refractivity contribution in [3.05, 3.63) is 11.1 Å². The summed E-state index contributed by atoms with van der Waals surface area (Å²) in [7, 11) is 1.46. The Hall–Kier alpha value is -0.870. The average molecular weight is 252 g/mol. The van der Waals surface area contributed by atoms with E-state index in [0.717, 1.165) is 19.3 Å². The summed E-state index contributed by atoms with van der Waals surface area (Å²) in [6, 6.07) is 0. The highest BCUT2D eigenvalue weighted by Gasteiger charge is 2.47. The second-order valence-electron chi connectivity index (χ2n) is 5.40. The number of rotatable bonds is 1. The van der Waals surface area contributed by atoms with Crippen molar-refractivity contribution in [2.45, 2.75) is 44.3 Å². The molecule has 1 unspecified atom stereocenters. The van der Waals surface area contributed by atoms with Crippen LogP contribution in [0.4, 0.5) is 0 Å². The second-order valence-corrected chi connectivity index (χ2v) is 5.40. The normalized spacial score (nSPS) is 30.4. The van der Waals surface area contributed by atoms with E-state index in [-0.39, 0.29) is 11.9 Å². The van der Waals surface area contributed by atoms with Crippen LogP contribution in [0.1, 0.15) is 38.5 Å². The molecular formula is C14H20O4. The molecule has 0 aromatic rings. The Balaban J connectivity index is 1.92. The molecule has 1 atom stereocenters. The largest absolute Gasteiger partial charge is 0.469 e. The fourth-order valence-electron chi connectivity index (χ4n) is 3.53. The van der Waals surface area contributed by atoms with E-state index >= 15 is 0 Å². The van der Waals surface area contributed by atoms with E-state index in [4.69, 9.17) is 14.2 Å². The van der Waals surface area contributed by atoms with Gasteiger partial charge in [-0.05, 0) is 25.7 Å². The molecule has 100 valence electrons. The molecule has 1 saturated heterocycles. The van der Waals surface area contributed by atoms with E-state index in [0.29, 0.717) is 19.6 Å². The summed E-state index contributed by atoms with van der Waals surface area (Å²) in [6.45, 7) is 1.27. The molecule has 0 aromatic heterocycles. The lowest BCUT2D eigenvalue weighted by molar-refractivity contribution is -0.180. The van der Waals surface area contributed by atoms with Crippen molar-refractivity contribution in [2.75, 3.05) is 20.3 Å². The highest BCUT2D eigenvalue weighted by molar-refractivity contribution is 5.76. The molecule has 3 rings (SSSR count). The third kappa shape index (κ3) is 1.97. The smallest absolute Gasteiger partial charge is 0.313 e. The van der Waals surface area contributed by atoms with Gasteiger partial charge in [0.05, 0.1) is 26.2 Å². The molecule has 1 fully saturated rings. The summed E-state index contributed by atoms with van der Waals surface area (Å²) in [6.07, 6.45) is 5.97. The van der Waals surface area contributed by atoms with Gasteiger partial charge < -0.3 is 14.2 Å². The van der Waals surface area contributed by atoms with Crippen LogP contribution in [-0.2, 0) is 19.0 Å². The summed E-state index contributed by atoms with van der Waals surface area (Å²) in [5.41, 5.74) is 2.68. The van der Waals surface area contributed by atoms with E-state index in [2.05, 4.69) is 0 Å². The predicted octanol–water partition coefficient (Wildman–Crippen LogP) is 2.18. The molecular weight excluding hydrogens is 232 g/mol. The lowest BCUT2D eigenvalue weighted by Gasteiger charge is -2.40. The van der Waals surface area contributed by atoms with Crippen LogP contribution in [0.3, 0.4) is 0 Å².